The van der Waals surface area contributed by atoms with Gasteiger partial charge < -0.3 is 9.84 Å². The molecule has 2 aromatic heterocycles. The van der Waals surface area contributed by atoms with Gasteiger partial charge in [-0.3, -0.25) is 4.68 Å². The van der Waals surface area contributed by atoms with Crippen LogP contribution in [0.15, 0.2) is 52.2 Å². The molecule has 1 fully saturated rings. The number of rotatable bonds is 9. The number of aromatic nitrogens is 2. The molecule has 0 aliphatic heterocycles. The molecule has 164 valence electrons. The summed E-state index contributed by atoms with van der Waals surface area (Å²) in [5.74, 6) is 0.155. The van der Waals surface area contributed by atoms with E-state index in [2.05, 4.69) is 52.0 Å². The number of benzene rings is 1. The van der Waals surface area contributed by atoms with Crippen molar-refractivity contribution in [1.82, 2.24) is 9.78 Å². The minimum Gasteiger partial charge on any atom is -0.480 e. The molecule has 0 bridgehead atoms. The summed E-state index contributed by atoms with van der Waals surface area (Å²) in [4.78, 5) is 10.6. The Morgan fingerprint density at radius 3 is 2.55 bits per heavy atom. The van der Waals surface area contributed by atoms with Crippen LogP contribution in [0.5, 0.6) is 0 Å². The van der Waals surface area contributed by atoms with Crippen molar-refractivity contribution in [2.24, 2.45) is 11.8 Å². The van der Waals surface area contributed by atoms with Crippen molar-refractivity contribution in [1.29, 1.82) is 0 Å². The highest BCUT2D eigenvalue weighted by molar-refractivity contribution is 7.98. The van der Waals surface area contributed by atoms with Gasteiger partial charge in [0.25, 0.3) is 0 Å². The highest BCUT2D eigenvalue weighted by atomic mass is 32.2. The van der Waals surface area contributed by atoms with Crippen LogP contribution in [0.4, 0.5) is 0 Å². The van der Waals surface area contributed by atoms with E-state index in [0.717, 1.165) is 43.5 Å². The first kappa shape index (κ1) is 22.1. The van der Waals surface area contributed by atoms with Gasteiger partial charge in [-0.25, -0.2) is 4.79 Å². The molecule has 0 saturated heterocycles. The molecule has 1 N–H and O–H groups in total. The normalized spacial score (nSPS) is 18.9. The molecule has 7 heteroatoms. The van der Waals surface area contributed by atoms with Crippen LogP contribution >= 0.6 is 23.1 Å². The fourth-order valence-electron chi connectivity index (χ4n) is 4.38. The lowest BCUT2D eigenvalue weighted by atomic mass is 9.82. The van der Waals surface area contributed by atoms with Crippen LogP contribution in [-0.4, -0.2) is 40.3 Å². The molecule has 1 aliphatic rings. The lowest BCUT2D eigenvalue weighted by Gasteiger charge is -2.28. The van der Waals surface area contributed by atoms with E-state index < -0.39 is 5.97 Å². The second kappa shape index (κ2) is 10.5. The number of hydrogen-bond donors (Lipinski definition) is 1. The SMILES string of the molecule is CSc1c(-c2ccsc2)c(-c2ccccc2)nn1C[C@H]1CC[C@H](COCC(=O)O)CC1. The summed E-state index contributed by atoms with van der Waals surface area (Å²) < 4.78 is 7.53. The summed E-state index contributed by atoms with van der Waals surface area (Å²) in [5, 5.41) is 19.4. The summed E-state index contributed by atoms with van der Waals surface area (Å²) in [7, 11) is 0. The van der Waals surface area contributed by atoms with E-state index in [-0.39, 0.29) is 6.61 Å². The third-order valence-electron chi connectivity index (χ3n) is 5.93. The van der Waals surface area contributed by atoms with Gasteiger partial charge in [0.15, 0.2) is 0 Å². The van der Waals surface area contributed by atoms with Crippen LogP contribution in [0.2, 0.25) is 0 Å². The number of carboxylic acids is 1. The number of thioether (sulfide) groups is 1. The number of aliphatic carboxylic acids is 1. The second-order valence-electron chi connectivity index (χ2n) is 8.09. The van der Waals surface area contributed by atoms with E-state index in [0.29, 0.717) is 18.4 Å². The average molecular weight is 457 g/mol. The van der Waals surface area contributed by atoms with Gasteiger partial charge in [-0.2, -0.15) is 16.4 Å². The van der Waals surface area contributed by atoms with Crippen molar-refractivity contribution in [3.8, 4) is 22.4 Å². The fraction of sp³-hybridized carbons (Fsp3) is 0.417. The molecule has 4 rings (SSSR count). The first-order valence-electron chi connectivity index (χ1n) is 10.7. The Hall–Kier alpha value is -2.09. The smallest absolute Gasteiger partial charge is 0.329 e. The Balaban J connectivity index is 1.51. The molecular weight excluding hydrogens is 428 g/mol. The van der Waals surface area contributed by atoms with E-state index in [1.165, 1.54) is 16.2 Å². The van der Waals surface area contributed by atoms with Gasteiger partial charge in [-0.05, 0) is 66.2 Å². The third-order valence-corrected chi connectivity index (χ3v) is 7.42. The molecule has 0 radical (unpaired) electrons. The summed E-state index contributed by atoms with van der Waals surface area (Å²) in [6, 6.07) is 12.6. The Bertz CT molecular complexity index is 978. The van der Waals surface area contributed by atoms with Gasteiger partial charge in [-0.15, -0.1) is 11.8 Å². The van der Waals surface area contributed by atoms with E-state index in [1.54, 1.807) is 23.1 Å². The first-order chi connectivity index (χ1) is 15.2. The van der Waals surface area contributed by atoms with Crippen molar-refractivity contribution in [2.75, 3.05) is 19.5 Å². The predicted octanol–water partition coefficient (Wildman–Crippen LogP) is 5.91. The zero-order chi connectivity index (χ0) is 21.6. The lowest BCUT2D eigenvalue weighted by Crippen LogP contribution is -2.23. The number of ether oxygens (including phenoxy) is 1. The summed E-state index contributed by atoms with van der Waals surface area (Å²) >= 11 is 3.48. The fourth-order valence-corrected chi connectivity index (χ4v) is 5.77. The Labute approximate surface area is 191 Å². The summed E-state index contributed by atoms with van der Waals surface area (Å²) in [6.45, 7) is 1.28. The molecule has 0 spiro atoms. The van der Waals surface area contributed by atoms with Crippen LogP contribution in [0.1, 0.15) is 25.7 Å². The summed E-state index contributed by atoms with van der Waals surface area (Å²) in [5.41, 5.74) is 4.67. The van der Waals surface area contributed by atoms with Crippen molar-refractivity contribution in [3.05, 3.63) is 47.2 Å². The van der Waals surface area contributed by atoms with E-state index in [9.17, 15) is 4.79 Å². The van der Waals surface area contributed by atoms with Gasteiger partial charge in [-0.1, -0.05) is 30.3 Å². The van der Waals surface area contributed by atoms with Gasteiger partial charge in [0.2, 0.25) is 0 Å². The largest absolute Gasteiger partial charge is 0.480 e. The molecule has 0 unspecified atom stereocenters. The minimum atomic E-state index is -0.896. The van der Waals surface area contributed by atoms with E-state index in [4.69, 9.17) is 14.9 Å². The Morgan fingerprint density at radius 1 is 1.16 bits per heavy atom. The van der Waals surface area contributed by atoms with Gasteiger partial charge in [0, 0.05) is 17.7 Å². The number of thiophene rings is 1. The molecule has 31 heavy (non-hydrogen) atoms. The van der Waals surface area contributed by atoms with Gasteiger partial charge in [0.1, 0.15) is 17.3 Å². The number of hydrogen-bond acceptors (Lipinski definition) is 5. The molecule has 2 heterocycles. The molecule has 1 aliphatic carbocycles. The zero-order valence-corrected chi connectivity index (χ0v) is 19.3. The molecule has 0 atom stereocenters. The maximum Gasteiger partial charge on any atom is 0.329 e. The second-order valence-corrected chi connectivity index (χ2v) is 9.66. The van der Waals surface area contributed by atoms with Gasteiger partial charge >= 0.3 is 5.97 Å². The first-order valence-corrected chi connectivity index (χ1v) is 12.8. The maximum absolute atomic E-state index is 10.6. The Morgan fingerprint density at radius 2 is 1.90 bits per heavy atom. The minimum absolute atomic E-state index is 0.197. The van der Waals surface area contributed by atoms with Crippen LogP contribution in [-0.2, 0) is 16.1 Å². The Kier molecular flexibility index (Phi) is 7.48. The van der Waals surface area contributed by atoms with Crippen molar-refractivity contribution in [3.63, 3.8) is 0 Å². The highest BCUT2D eigenvalue weighted by Gasteiger charge is 2.26. The van der Waals surface area contributed by atoms with Crippen LogP contribution < -0.4 is 0 Å². The van der Waals surface area contributed by atoms with Crippen LogP contribution in [0.3, 0.4) is 0 Å². The van der Waals surface area contributed by atoms with Crippen LogP contribution in [0, 0.1) is 11.8 Å². The average Bonchev–Trinajstić information content (AvgIpc) is 3.43. The number of nitrogens with zero attached hydrogens (tertiary/aromatic N) is 2. The molecule has 1 saturated carbocycles. The topological polar surface area (TPSA) is 64.4 Å². The van der Waals surface area contributed by atoms with Crippen LogP contribution in [0.25, 0.3) is 22.4 Å². The number of carbonyl (C=O) groups is 1. The molecule has 1 aromatic carbocycles. The van der Waals surface area contributed by atoms with E-state index in [1.807, 2.05) is 6.07 Å². The maximum atomic E-state index is 10.6. The highest BCUT2D eigenvalue weighted by Crippen LogP contribution is 2.40. The van der Waals surface area contributed by atoms with E-state index >= 15 is 0 Å². The van der Waals surface area contributed by atoms with Crippen molar-refractivity contribution >= 4 is 29.1 Å². The van der Waals surface area contributed by atoms with Gasteiger partial charge in [0.05, 0.1) is 6.61 Å². The third kappa shape index (κ3) is 5.40. The molecular formula is C24H28N2O3S2. The quantitative estimate of drug-likeness (QED) is 0.406. The standard InChI is InChI=1S/C24H28N2O3S2/c1-30-24-22(20-11-12-31-16-20)23(19-5-3-2-4-6-19)25-26(24)13-17-7-9-18(10-8-17)14-29-15-21(27)28/h2-6,11-12,16-18H,7-10,13-15H2,1H3,(H,27,28)/t17-,18-. The number of carboxylic acid groups (broad SMARTS) is 1. The zero-order valence-electron chi connectivity index (χ0n) is 17.7. The lowest BCUT2D eigenvalue weighted by molar-refractivity contribution is -0.142. The molecule has 3 aromatic rings. The predicted molar refractivity (Wildman–Crippen MR) is 127 cm³/mol. The monoisotopic (exact) mass is 456 g/mol. The summed E-state index contributed by atoms with van der Waals surface area (Å²) in [6.07, 6.45) is 6.56. The van der Waals surface area contributed by atoms with Crippen molar-refractivity contribution in [2.45, 2.75) is 37.3 Å². The molecule has 0 amide bonds. The molecule has 5 nitrogen and oxygen atoms in total. The van der Waals surface area contributed by atoms with Crippen molar-refractivity contribution < 1.29 is 14.6 Å².